The fourth-order valence-corrected chi connectivity index (χ4v) is 5.25. The summed E-state index contributed by atoms with van der Waals surface area (Å²) in [4.78, 5) is 36.7. The second kappa shape index (κ2) is 9.82. The standard InChI is InChI=1S/C24H33N7O3/c1-15-7-6-10-20(31(33)34)21(15)30(23(25)32)17-13-11-16(12-14-17)26-24-27-19-9-5-4-8-18(19)22(28-24)29(2)3/h6-7,10,16-17H,4-5,8-9,11-14H2,1-3H3,(H2,25,32)(H,26,27,28). The number of rotatable bonds is 6. The summed E-state index contributed by atoms with van der Waals surface area (Å²) in [6, 6.07) is 4.11. The Kier molecular flexibility index (Phi) is 6.85. The smallest absolute Gasteiger partial charge is 0.319 e. The molecule has 0 aliphatic heterocycles. The molecule has 1 heterocycles. The molecule has 0 radical (unpaired) electrons. The monoisotopic (exact) mass is 467 g/mol. The van der Waals surface area contributed by atoms with Crippen LogP contribution in [-0.4, -0.2) is 47.1 Å². The number of carbonyl (C=O) groups excluding carboxylic acids is 1. The van der Waals surface area contributed by atoms with Crippen LogP contribution in [0.4, 0.5) is 27.9 Å². The average Bonchev–Trinajstić information content (AvgIpc) is 2.80. The zero-order valence-electron chi connectivity index (χ0n) is 20.1. The molecule has 10 nitrogen and oxygen atoms in total. The summed E-state index contributed by atoms with van der Waals surface area (Å²) in [7, 11) is 4.02. The maximum Gasteiger partial charge on any atom is 0.319 e. The first-order valence-corrected chi connectivity index (χ1v) is 11.9. The number of amides is 2. The zero-order chi connectivity index (χ0) is 24.4. The number of nitro benzene ring substituents is 1. The van der Waals surface area contributed by atoms with Crippen molar-refractivity contribution >= 4 is 29.2 Å². The SMILES string of the molecule is Cc1cccc([N+](=O)[O-])c1N(C(N)=O)C1CCC(Nc2nc3c(c(N(C)C)n2)CCCC3)CC1. The second-order valence-electron chi connectivity index (χ2n) is 9.46. The minimum absolute atomic E-state index is 0.0993. The predicted molar refractivity (Wildman–Crippen MR) is 133 cm³/mol. The molecule has 34 heavy (non-hydrogen) atoms. The van der Waals surface area contributed by atoms with Crippen molar-refractivity contribution in [2.24, 2.45) is 5.73 Å². The Balaban J connectivity index is 1.50. The Bertz CT molecular complexity index is 1080. The Morgan fingerprint density at radius 2 is 1.85 bits per heavy atom. The van der Waals surface area contributed by atoms with Crippen molar-refractivity contribution in [3.8, 4) is 0 Å². The molecule has 0 bridgehead atoms. The van der Waals surface area contributed by atoms with E-state index in [9.17, 15) is 14.9 Å². The molecule has 2 aliphatic rings. The van der Waals surface area contributed by atoms with Gasteiger partial charge in [-0.15, -0.1) is 0 Å². The Morgan fingerprint density at radius 1 is 1.15 bits per heavy atom. The van der Waals surface area contributed by atoms with Gasteiger partial charge in [-0.2, -0.15) is 4.98 Å². The van der Waals surface area contributed by atoms with Crippen molar-refractivity contribution < 1.29 is 9.72 Å². The molecule has 1 saturated carbocycles. The summed E-state index contributed by atoms with van der Waals surface area (Å²) in [5, 5.41) is 15.1. The highest BCUT2D eigenvalue weighted by molar-refractivity contribution is 5.95. The quantitative estimate of drug-likeness (QED) is 0.486. The van der Waals surface area contributed by atoms with Gasteiger partial charge in [0, 0.05) is 37.8 Å². The number of nitrogens with zero attached hydrogens (tertiary/aromatic N) is 5. The third-order valence-electron chi connectivity index (χ3n) is 6.87. The van der Waals surface area contributed by atoms with Crippen LogP contribution < -0.4 is 20.9 Å². The molecule has 0 atom stereocenters. The molecule has 0 spiro atoms. The van der Waals surface area contributed by atoms with E-state index in [1.54, 1.807) is 19.1 Å². The summed E-state index contributed by atoms with van der Waals surface area (Å²) >= 11 is 0. The van der Waals surface area contributed by atoms with Crippen molar-refractivity contribution in [2.75, 3.05) is 29.2 Å². The fourth-order valence-electron chi connectivity index (χ4n) is 5.25. The van der Waals surface area contributed by atoms with Crippen LogP contribution in [0.25, 0.3) is 0 Å². The van der Waals surface area contributed by atoms with Crippen molar-refractivity contribution in [1.82, 2.24) is 9.97 Å². The first-order valence-electron chi connectivity index (χ1n) is 11.9. The number of aryl methyl sites for hydroxylation is 2. The maximum absolute atomic E-state index is 12.4. The minimum atomic E-state index is -0.664. The van der Waals surface area contributed by atoms with Crippen LogP contribution in [0.5, 0.6) is 0 Å². The third kappa shape index (κ3) is 4.76. The number of fused-ring (bicyclic) bond motifs is 1. The number of carbonyl (C=O) groups is 1. The summed E-state index contributed by atoms with van der Waals surface area (Å²) < 4.78 is 0. The molecule has 182 valence electrons. The van der Waals surface area contributed by atoms with E-state index in [4.69, 9.17) is 15.7 Å². The number of aromatic nitrogens is 2. The molecule has 3 N–H and O–H groups in total. The van der Waals surface area contributed by atoms with Crippen molar-refractivity contribution in [3.05, 3.63) is 45.1 Å². The van der Waals surface area contributed by atoms with Gasteiger partial charge in [0.25, 0.3) is 5.69 Å². The van der Waals surface area contributed by atoms with Gasteiger partial charge in [-0.1, -0.05) is 12.1 Å². The number of nitrogens with two attached hydrogens (primary N) is 1. The van der Waals surface area contributed by atoms with Gasteiger partial charge >= 0.3 is 6.03 Å². The van der Waals surface area contributed by atoms with Crippen LogP contribution >= 0.6 is 0 Å². The van der Waals surface area contributed by atoms with E-state index < -0.39 is 11.0 Å². The van der Waals surface area contributed by atoms with Gasteiger partial charge in [-0.05, 0) is 63.9 Å². The van der Waals surface area contributed by atoms with Crippen LogP contribution in [0.15, 0.2) is 18.2 Å². The lowest BCUT2D eigenvalue weighted by molar-refractivity contribution is -0.384. The first kappa shape index (κ1) is 23.7. The second-order valence-corrected chi connectivity index (χ2v) is 9.46. The molecule has 2 aromatic rings. The fraction of sp³-hybridized carbons (Fsp3) is 0.542. The van der Waals surface area contributed by atoms with Crippen molar-refractivity contribution in [1.29, 1.82) is 0 Å². The van der Waals surface area contributed by atoms with E-state index in [0.717, 1.165) is 43.6 Å². The van der Waals surface area contributed by atoms with Gasteiger partial charge < -0.3 is 16.0 Å². The number of para-hydroxylation sites is 1. The van der Waals surface area contributed by atoms with Gasteiger partial charge in [0.05, 0.1) is 10.6 Å². The number of urea groups is 1. The molecule has 0 saturated heterocycles. The lowest BCUT2D eigenvalue weighted by atomic mass is 9.89. The summed E-state index contributed by atoms with van der Waals surface area (Å²) in [5.74, 6) is 1.63. The summed E-state index contributed by atoms with van der Waals surface area (Å²) in [6.45, 7) is 1.77. The van der Waals surface area contributed by atoms with Crippen LogP contribution in [0.3, 0.4) is 0 Å². The van der Waals surface area contributed by atoms with Crippen LogP contribution in [-0.2, 0) is 12.8 Å². The molecule has 0 unspecified atom stereocenters. The van der Waals surface area contributed by atoms with E-state index in [0.29, 0.717) is 30.0 Å². The van der Waals surface area contributed by atoms with Gasteiger partial charge in [0.2, 0.25) is 5.95 Å². The minimum Gasteiger partial charge on any atom is -0.362 e. The number of primary amides is 1. The molecular formula is C24H33N7O3. The Hall–Kier alpha value is -3.43. The first-order chi connectivity index (χ1) is 16.3. The highest BCUT2D eigenvalue weighted by atomic mass is 16.6. The summed E-state index contributed by atoms with van der Waals surface area (Å²) in [6.07, 6.45) is 7.23. The predicted octanol–water partition coefficient (Wildman–Crippen LogP) is 3.95. The van der Waals surface area contributed by atoms with Gasteiger partial charge in [0.15, 0.2) is 0 Å². The molecule has 4 rings (SSSR count). The molecule has 1 aromatic carbocycles. The molecule has 1 fully saturated rings. The number of nitrogens with one attached hydrogen (secondary N) is 1. The normalized spacial score (nSPS) is 19.7. The molecule has 1 aromatic heterocycles. The van der Waals surface area contributed by atoms with Crippen molar-refractivity contribution in [3.63, 3.8) is 0 Å². The van der Waals surface area contributed by atoms with E-state index in [1.807, 2.05) is 19.0 Å². The summed E-state index contributed by atoms with van der Waals surface area (Å²) in [5.41, 5.74) is 8.97. The van der Waals surface area contributed by atoms with Crippen LogP contribution in [0, 0.1) is 17.0 Å². The Labute approximate surface area is 199 Å². The molecule has 2 amide bonds. The van der Waals surface area contributed by atoms with Crippen molar-refractivity contribution in [2.45, 2.75) is 70.4 Å². The van der Waals surface area contributed by atoms with Gasteiger partial charge in [-0.25, -0.2) is 9.78 Å². The molecule has 10 heteroatoms. The average molecular weight is 468 g/mol. The van der Waals surface area contributed by atoms with Crippen LogP contribution in [0.1, 0.15) is 55.3 Å². The highest BCUT2D eigenvalue weighted by Gasteiger charge is 2.34. The zero-order valence-corrected chi connectivity index (χ0v) is 20.1. The van der Waals surface area contributed by atoms with Gasteiger partial charge in [-0.3, -0.25) is 15.0 Å². The lowest BCUT2D eigenvalue weighted by Crippen LogP contribution is -2.47. The number of anilines is 3. The molecule has 2 aliphatic carbocycles. The maximum atomic E-state index is 12.4. The topological polar surface area (TPSA) is 131 Å². The van der Waals surface area contributed by atoms with E-state index >= 15 is 0 Å². The van der Waals surface area contributed by atoms with Crippen LogP contribution in [0.2, 0.25) is 0 Å². The largest absolute Gasteiger partial charge is 0.362 e. The highest BCUT2D eigenvalue weighted by Crippen LogP contribution is 2.37. The molecular weight excluding hydrogens is 434 g/mol. The number of benzene rings is 1. The number of hydrogen-bond acceptors (Lipinski definition) is 7. The van der Waals surface area contributed by atoms with E-state index in [-0.39, 0.29) is 17.8 Å². The number of hydrogen-bond donors (Lipinski definition) is 2. The van der Waals surface area contributed by atoms with E-state index in [1.165, 1.54) is 23.0 Å². The third-order valence-corrected chi connectivity index (χ3v) is 6.87. The lowest BCUT2D eigenvalue weighted by Gasteiger charge is -2.36. The van der Waals surface area contributed by atoms with Gasteiger partial charge in [0.1, 0.15) is 11.5 Å². The number of nitro groups is 1. The van der Waals surface area contributed by atoms with E-state index in [2.05, 4.69) is 5.32 Å². The Morgan fingerprint density at radius 3 is 2.50 bits per heavy atom.